The zero-order valence-corrected chi connectivity index (χ0v) is 11.8. The maximum atomic E-state index is 11.9. The van der Waals surface area contributed by atoms with Crippen molar-refractivity contribution in [1.82, 2.24) is 5.32 Å². The highest BCUT2D eigenvalue weighted by atomic mass is 16.4. The molecule has 0 heterocycles. The van der Waals surface area contributed by atoms with Crippen LogP contribution in [0.1, 0.15) is 47.0 Å². The Labute approximate surface area is 109 Å². The van der Waals surface area contributed by atoms with Gasteiger partial charge < -0.3 is 16.2 Å². The summed E-state index contributed by atoms with van der Waals surface area (Å²) in [7, 11) is 0. The van der Waals surface area contributed by atoms with E-state index in [1.54, 1.807) is 0 Å². The van der Waals surface area contributed by atoms with Crippen LogP contribution >= 0.6 is 0 Å². The first-order valence-electron chi connectivity index (χ1n) is 6.55. The van der Waals surface area contributed by atoms with Crippen molar-refractivity contribution in [2.75, 3.05) is 0 Å². The number of carbonyl (C=O) groups excluding carboxylic acids is 1. The number of hydrogen-bond acceptors (Lipinski definition) is 3. The molecule has 3 unspecified atom stereocenters. The Kier molecular flexibility index (Phi) is 7.59. The van der Waals surface area contributed by atoms with E-state index in [9.17, 15) is 9.59 Å². The fourth-order valence-corrected chi connectivity index (χ4v) is 1.78. The molecule has 0 saturated carbocycles. The summed E-state index contributed by atoms with van der Waals surface area (Å²) in [4.78, 5) is 22.6. The van der Waals surface area contributed by atoms with Crippen molar-refractivity contribution in [3.8, 4) is 0 Å². The van der Waals surface area contributed by atoms with E-state index in [0.29, 0.717) is 12.3 Å². The molecular weight excluding hydrogens is 232 g/mol. The predicted octanol–water partition coefficient (Wildman–Crippen LogP) is 1.37. The molecule has 0 aliphatic carbocycles. The summed E-state index contributed by atoms with van der Waals surface area (Å²) in [5.74, 6) is -0.738. The predicted molar refractivity (Wildman–Crippen MR) is 71.1 cm³/mol. The van der Waals surface area contributed by atoms with Gasteiger partial charge in [-0.3, -0.25) is 9.59 Å². The van der Waals surface area contributed by atoms with Crippen LogP contribution in [0.15, 0.2) is 0 Å². The number of aliphatic carboxylic acids is 1. The molecule has 18 heavy (non-hydrogen) atoms. The smallest absolute Gasteiger partial charge is 0.305 e. The Bertz CT molecular complexity index is 279. The van der Waals surface area contributed by atoms with Crippen molar-refractivity contribution >= 4 is 11.9 Å². The first-order chi connectivity index (χ1) is 8.27. The van der Waals surface area contributed by atoms with Gasteiger partial charge in [-0.05, 0) is 18.3 Å². The van der Waals surface area contributed by atoms with Gasteiger partial charge in [0.2, 0.25) is 5.91 Å². The van der Waals surface area contributed by atoms with Crippen LogP contribution in [0.25, 0.3) is 0 Å². The van der Waals surface area contributed by atoms with E-state index >= 15 is 0 Å². The summed E-state index contributed by atoms with van der Waals surface area (Å²) in [5.41, 5.74) is 5.82. The second-order valence-electron chi connectivity index (χ2n) is 5.34. The molecule has 0 radical (unpaired) electrons. The van der Waals surface area contributed by atoms with Crippen LogP contribution in [-0.2, 0) is 9.59 Å². The van der Waals surface area contributed by atoms with Crippen LogP contribution < -0.4 is 11.1 Å². The molecule has 1 amide bonds. The van der Waals surface area contributed by atoms with E-state index in [0.717, 1.165) is 6.42 Å². The molecule has 0 bridgehead atoms. The zero-order valence-electron chi connectivity index (χ0n) is 11.8. The lowest BCUT2D eigenvalue weighted by Gasteiger charge is -2.23. The Morgan fingerprint density at radius 3 is 2.22 bits per heavy atom. The topological polar surface area (TPSA) is 92.4 Å². The number of carboxylic acids is 1. The zero-order chi connectivity index (χ0) is 14.3. The molecule has 0 saturated heterocycles. The molecule has 5 heteroatoms. The maximum Gasteiger partial charge on any atom is 0.305 e. The summed E-state index contributed by atoms with van der Waals surface area (Å²) in [5, 5.41) is 11.6. The third-order valence-corrected chi connectivity index (χ3v) is 3.08. The normalized spacial score (nSPS) is 16.1. The molecular formula is C13H26N2O3. The van der Waals surface area contributed by atoms with Crippen LogP contribution in [0.3, 0.4) is 0 Å². The van der Waals surface area contributed by atoms with Gasteiger partial charge in [-0.25, -0.2) is 0 Å². The van der Waals surface area contributed by atoms with Crippen molar-refractivity contribution in [1.29, 1.82) is 0 Å². The van der Waals surface area contributed by atoms with Gasteiger partial charge in [-0.2, -0.15) is 0 Å². The third-order valence-electron chi connectivity index (χ3n) is 3.08. The lowest BCUT2D eigenvalue weighted by atomic mass is 9.97. The average Bonchev–Trinajstić information content (AvgIpc) is 2.24. The molecule has 0 aromatic carbocycles. The molecule has 0 aliphatic rings. The highest BCUT2D eigenvalue weighted by molar-refractivity contribution is 5.82. The minimum Gasteiger partial charge on any atom is -0.481 e. The number of carbonyl (C=O) groups is 2. The van der Waals surface area contributed by atoms with Crippen molar-refractivity contribution in [3.63, 3.8) is 0 Å². The first-order valence-corrected chi connectivity index (χ1v) is 6.55. The van der Waals surface area contributed by atoms with E-state index in [4.69, 9.17) is 10.8 Å². The molecule has 0 aromatic heterocycles. The molecule has 0 fully saturated rings. The standard InChI is InChI=1S/C13H26N2O3/c1-5-9(4)12(14)13(18)15-10(6-8(2)3)7-11(16)17/h8-10,12H,5-7,14H2,1-4H3,(H,15,18)(H,16,17). The minimum absolute atomic E-state index is 0.0584. The number of amides is 1. The molecule has 0 rings (SSSR count). The second kappa shape index (κ2) is 8.08. The van der Waals surface area contributed by atoms with Crippen LogP contribution in [0, 0.1) is 11.8 Å². The second-order valence-corrected chi connectivity index (χ2v) is 5.34. The Morgan fingerprint density at radius 1 is 1.28 bits per heavy atom. The monoisotopic (exact) mass is 258 g/mol. The van der Waals surface area contributed by atoms with E-state index in [2.05, 4.69) is 5.32 Å². The van der Waals surface area contributed by atoms with Crippen LogP contribution in [0.4, 0.5) is 0 Å². The summed E-state index contributed by atoms with van der Waals surface area (Å²) >= 11 is 0. The highest BCUT2D eigenvalue weighted by Crippen LogP contribution is 2.10. The molecule has 3 atom stereocenters. The van der Waals surface area contributed by atoms with Crippen molar-refractivity contribution in [2.45, 2.75) is 59.0 Å². The van der Waals surface area contributed by atoms with Gasteiger partial charge in [0, 0.05) is 6.04 Å². The van der Waals surface area contributed by atoms with E-state index < -0.39 is 12.0 Å². The van der Waals surface area contributed by atoms with Crippen LogP contribution in [0.2, 0.25) is 0 Å². The fraction of sp³-hybridized carbons (Fsp3) is 0.846. The van der Waals surface area contributed by atoms with Gasteiger partial charge >= 0.3 is 5.97 Å². The van der Waals surface area contributed by atoms with Gasteiger partial charge in [-0.15, -0.1) is 0 Å². The maximum absolute atomic E-state index is 11.9. The van der Waals surface area contributed by atoms with Gasteiger partial charge in [0.05, 0.1) is 12.5 Å². The molecule has 4 N–H and O–H groups in total. The number of hydrogen-bond donors (Lipinski definition) is 3. The van der Waals surface area contributed by atoms with Crippen LogP contribution in [-0.4, -0.2) is 29.1 Å². The first kappa shape index (κ1) is 16.9. The molecule has 0 aliphatic heterocycles. The number of nitrogens with two attached hydrogens (primary N) is 1. The fourth-order valence-electron chi connectivity index (χ4n) is 1.78. The quantitative estimate of drug-likeness (QED) is 0.613. The largest absolute Gasteiger partial charge is 0.481 e. The number of carboxylic acid groups (broad SMARTS) is 1. The Morgan fingerprint density at radius 2 is 1.83 bits per heavy atom. The van der Waals surface area contributed by atoms with E-state index in [-0.39, 0.29) is 24.3 Å². The van der Waals surface area contributed by atoms with Gasteiger partial charge in [0.15, 0.2) is 0 Å². The average molecular weight is 258 g/mol. The SMILES string of the molecule is CCC(C)C(N)C(=O)NC(CC(=O)O)CC(C)C. The summed E-state index contributed by atoms with van der Waals surface area (Å²) < 4.78 is 0. The van der Waals surface area contributed by atoms with Gasteiger partial charge in [0.1, 0.15) is 0 Å². The summed E-state index contributed by atoms with van der Waals surface area (Å²) in [6.07, 6.45) is 1.41. The molecule has 0 aromatic rings. The van der Waals surface area contributed by atoms with Crippen LogP contribution in [0.5, 0.6) is 0 Å². The van der Waals surface area contributed by atoms with Crippen molar-refractivity contribution in [2.24, 2.45) is 17.6 Å². The van der Waals surface area contributed by atoms with Gasteiger partial charge in [0.25, 0.3) is 0 Å². The van der Waals surface area contributed by atoms with E-state index in [1.807, 2.05) is 27.7 Å². The Hall–Kier alpha value is -1.10. The molecule has 5 nitrogen and oxygen atoms in total. The lowest BCUT2D eigenvalue weighted by molar-refractivity contribution is -0.137. The van der Waals surface area contributed by atoms with E-state index in [1.165, 1.54) is 0 Å². The van der Waals surface area contributed by atoms with Crippen molar-refractivity contribution in [3.05, 3.63) is 0 Å². The van der Waals surface area contributed by atoms with Crippen molar-refractivity contribution < 1.29 is 14.7 Å². The molecule has 106 valence electrons. The number of rotatable bonds is 8. The molecule has 0 spiro atoms. The summed E-state index contributed by atoms with van der Waals surface area (Å²) in [6.45, 7) is 7.88. The highest BCUT2D eigenvalue weighted by Gasteiger charge is 2.23. The Balaban J connectivity index is 4.46. The number of nitrogens with one attached hydrogen (secondary N) is 1. The van der Waals surface area contributed by atoms with Gasteiger partial charge in [-0.1, -0.05) is 34.1 Å². The lowest BCUT2D eigenvalue weighted by Crippen LogP contribution is -2.49. The summed E-state index contributed by atoms with van der Waals surface area (Å²) in [6, 6.07) is -0.913. The minimum atomic E-state index is -0.905. The third kappa shape index (κ3) is 6.59.